The van der Waals surface area contributed by atoms with Gasteiger partial charge in [0, 0.05) is 17.7 Å². The van der Waals surface area contributed by atoms with Crippen LogP contribution >= 0.6 is 0 Å². The van der Waals surface area contributed by atoms with Crippen molar-refractivity contribution >= 4 is 23.2 Å². The van der Waals surface area contributed by atoms with Crippen molar-refractivity contribution in [1.82, 2.24) is 0 Å². The second kappa shape index (κ2) is 7.54. The van der Waals surface area contributed by atoms with E-state index in [2.05, 4.69) is 5.32 Å². The smallest absolute Gasteiger partial charge is 0.267 e. The summed E-state index contributed by atoms with van der Waals surface area (Å²) in [5.41, 5.74) is 2.51. The summed E-state index contributed by atoms with van der Waals surface area (Å²) in [6, 6.07) is 13.2. The first-order valence-electron chi connectivity index (χ1n) is 9.63. The van der Waals surface area contributed by atoms with Gasteiger partial charge in [-0.05, 0) is 56.5 Å². The molecule has 6 heteroatoms. The molecule has 146 valence electrons. The first-order valence-corrected chi connectivity index (χ1v) is 9.63. The number of nitrogens with zero attached hydrogens (tertiary/aromatic N) is 1. The Labute approximate surface area is 164 Å². The average molecular weight is 380 g/mol. The minimum Gasteiger partial charge on any atom is -0.492 e. The van der Waals surface area contributed by atoms with Crippen molar-refractivity contribution in [1.29, 1.82) is 0 Å². The maximum Gasteiger partial charge on any atom is 0.267 e. The SMILES string of the molecule is Cc1cccc(OCCN2C(=O)C(C)Oc3cc(NC(=O)C4CC4)ccc32)c1. The van der Waals surface area contributed by atoms with Crippen LogP contribution in [0.25, 0.3) is 0 Å². The Morgan fingerprint density at radius 1 is 1.25 bits per heavy atom. The number of amides is 2. The summed E-state index contributed by atoms with van der Waals surface area (Å²) < 4.78 is 11.6. The third-order valence-corrected chi connectivity index (χ3v) is 4.96. The molecule has 1 fully saturated rings. The molecule has 2 amide bonds. The van der Waals surface area contributed by atoms with Crippen LogP contribution in [0.15, 0.2) is 42.5 Å². The molecule has 1 heterocycles. The zero-order chi connectivity index (χ0) is 19.7. The van der Waals surface area contributed by atoms with Crippen LogP contribution in [-0.4, -0.2) is 31.1 Å². The van der Waals surface area contributed by atoms with Gasteiger partial charge in [-0.3, -0.25) is 9.59 Å². The number of hydrogen-bond donors (Lipinski definition) is 1. The Balaban J connectivity index is 1.46. The quantitative estimate of drug-likeness (QED) is 0.832. The van der Waals surface area contributed by atoms with Gasteiger partial charge in [0.25, 0.3) is 5.91 Å². The number of carbonyl (C=O) groups excluding carboxylic acids is 2. The molecule has 1 saturated carbocycles. The fraction of sp³-hybridized carbons (Fsp3) is 0.364. The molecule has 1 atom stereocenters. The maximum absolute atomic E-state index is 12.6. The maximum atomic E-state index is 12.6. The zero-order valence-corrected chi connectivity index (χ0v) is 16.1. The van der Waals surface area contributed by atoms with E-state index in [1.807, 2.05) is 37.3 Å². The fourth-order valence-electron chi connectivity index (χ4n) is 3.27. The summed E-state index contributed by atoms with van der Waals surface area (Å²) in [6.45, 7) is 4.54. The molecule has 2 aromatic rings. The second-order valence-electron chi connectivity index (χ2n) is 7.36. The van der Waals surface area contributed by atoms with E-state index in [-0.39, 0.29) is 17.7 Å². The monoisotopic (exact) mass is 380 g/mol. The van der Waals surface area contributed by atoms with E-state index in [9.17, 15) is 9.59 Å². The summed E-state index contributed by atoms with van der Waals surface area (Å²) in [7, 11) is 0. The van der Waals surface area contributed by atoms with Gasteiger partial charge in [0.05, 0.1) is 12.2 Å². The van der Waals surface area contributed by atoms with Gasteiger partial charge in [-0.25, -0.2) is 0 Å². The third-order valence-electron chi connectivity index (χ3n) is 4.96. The number of aryl methyl sites for hydroxylation is 1. The van der Waals surface area contributed by atoms with Crippen LogP contribution in [-0.2, 0) is 9.59 Å². The normalized spacial score (nSPS) is 18.3. The van der Waals surface area contributed by atoms with Crippen molar-refractivity contribution < 1.29 is 19.1 Å². The molecule has 28 heavy (non-hydrogen) atoms. The Morgan fingerprint density at radius 2 is 2.07 bits per heavy atom. The minimum atomic E-state index is -0.583. The van der Waals surface area contributed by atoms with Crippen molar-refractivity contribution in [3.8, 4) is 11.5 Å². The van der Waals surface area contributed by atoms with E-state index < -0.39 is 6.10 Å². The molecular weight excluding hydrogens is 356 g/mol. The fourth-order valence-corrected chi connectivity index (χ4v) is 3.27. The van der Waals surface area contributed by atoms with Gasteiger partial charge in [-0.2, -0.15) is 0 Å². The van der Waals surface area contributed by atoms with Gasteiger partial charge in [0.15, 0.2) is 6.10 Å². The molecule has 1 N–H and O–H groups in total. The lowest BCUT2D eigenvalue weighted by Crippen LogP contribution is -2.46. The van der Waals surface area contributed by atoms with Gasteiger partial charge in [0.2, 0.25) is 5.91 Å². The molecule has 1 aliphatic heterocycles. The highest BCUT2D eigenvalue weighted by Gasteiger charge is 2.33. The van der Waals surface area contributed by atoms with Gasteiger partial charge < -0.3 is 19.7 Å². The van der Waals surface area contributed by atoms with Gasteiger partial charge in [-0.15, -0.1) is 0 Å². The number of rotatable bonds is 6. The Hall–Kier alpha value is -3.02. The van der Waals surface area contributed by atoms with Crippen molar-refractivity contribution in [3.63, 3.8) is 0 Å². The molecule has 0 saturated heterocycles. The van der Waals surface area contributed by atoms with Gasteiger partial charge >= 0.3 is 0 Å². The number of hydrogen-bond acceptors (Lipinski definition) is 4. The van der Waals surface area contributed by atoms with Crippen molar-refractivity contribution in [2.45, 2.75) is 32.8 Å². The van der Waals surface area contributed by atoms with Crippen LogP contribution in [0.2, 0.25) is 0 Å². The molecule has 1 unspecified atom stereocenters. The molecule has 2 aliphatic rings. The highest BCUT2D eigenvalue weighted by atomic mass is 16.5. The molecular formula is C22H24N2O4. The molecule has 4 rings (SSSR count). The number of nitrogens with one attached hydrogen (secondary N) is 1. The molecule has 0 radical (unpaired) electrons. The number of benzene rings is 2. The lowest BCUT2D eigenvalue weighted by molar-refractivity contribution is -0.125. The van der Waals surface area contributed by atoms with Crippen LogP contribution in [0, 0.1) is 12.8 Å². The standard InChI is InChI=1S/C22H24N2O4/c1-14-4-3-5-18(12-14)27-11-10-24-19-9-8-17(23-21(25)16-6-7-16)13-20(19)28-15(2)22(24)26/h3-5,8-9,12-13,15-16H,6-7,10-11H2,1-2H3,(H,23,25). The second-order valence-corrected chi connectivity index (χ2v) is 7.36. The van der Waals surface area contributed by atoms with E-state index in [1.54, 1.807) is 24.0 Å². The first-order chi connectivity index (χ1) is 13.5. The van der Waals surface area contributed by atoms with E-state index >= 15 is 0 Å². The molecule has 0 bridgehead atoms. The summed E-state index contributed by atoms with van der Waals surface area (Å²) in [4.78, 5) is 26.3. The largest absolute Gasteiger partial charge is 0.492 e. The Morgan fingerprint density at radius 3 is 2.82 bits per heavy atom. The zero-order valence-electron chi connectivity index (χ0n) is 16.1. The van der Waals surface area contributed by atoms with Crippen LogP contribution < -0.4 is 19.7 Å². The van der Waals surface area contributed by atoms with Gasteiger partial charge in [-0.1, -0.05) is 12.1 Å². The summed E-state index contributed by atoms with van der Waals surface area (Å²) in [6.07, 6.45) is 1.32. The van der Waals surface area contributed by atoms with E-state index in [0.29, 0.717) is 30.3 Å². The predicted octanol–water partition coefficient (Wildman–Crippen LogP) is 3.54. The molecule has 2 aromatic carbocycles. The summed E-state index contributed by atoms with van der Waals surface area (Å²) >= 11 is 0. The third kappa shape index (κ3) is 3.96. The van der Waals surface area contributed by atoms with Crippen LogP contribution in [0.5, 0.6) is 11.5 Å². The van der Waals surface area contributed by atoms with Crippen LogP contribution in [0.1, 0.15) is 25.3 Å². The molecule has 1 aliphatic carbocycles. The topological polar surface area (TPSA) is 67.9 Å². The van der Waals surface area contributed by atoms with Crippen molar-refractivity contribution in [2.24, 2.45) is 5.92 Å². The van der Waals surface area contributed by atoms with Crippen molar-refractivity contribution in [3.05, 3.63) is 48.0 Å². The van der Waals surface area contributed by atoms with Crippen LogP contribution in [0.3, 0.4) is 0 Å². The molecule has 6 nitrogen and oxygen atoms in total. The number of fused-ring (bicyclic) bond motifs is 1. The Kier molecular flexibility index (Phi) is 4.94. The van der Waals surface area contributed by atoms with E-state index in [0.717, 1.165) is 24.2 Å². The minimum absolute atomic E-state index is 0.0447. The molecule has 0 spiro atoms. The summed E-state index contributed by atoms with van der Waals surface area (Å²) in [5.74, 6) is 1.45. The van der Waals surface area contributed by atoms with E-state index in [4.69, 9.17) is 9.47 Å². The lowest BCUT2D eigenvalue weighted by atomic mass is 10.1. The van der Waals surface area contributed by atoms with Crippen LogP contribution in [0.4, 0.5) is 11.4 Å². The highest BCUT2D eigenvalue weighted by molar-refractivity contribution is 6.01. The van der Waals surface area contributed by atoms with E-state index in [1.165, 1.54) is 0 Å². The molecule has 0 aromatic heterocycles. The number of anilines is 2. The van der Waals surface area contributed by atoms with Crippen molar-refractivity contribution in [2.75, 3.05) is 23.4 Å². The highest BCUT2D eigenvalue weighted by Crippen LogP contribution is 2.37. The number of carbonyl (C=O) groups is 2. The number of ether oxygens (including phenoxy) is 2. The Bertz CT molecular complexity index is 907. The first kappa shape index (κ1) is 18.3. The average Bonchev–Trinajstić information content (AvgIpc) is 3.50. The summed E-state index contributed by atoms with van der Waals surface area (Å²) in [5, 5.41) is 2.92. The lowest BCUT2D eigenvalue weighted by Gasteiger charge is -2.33. The van der Waals surface area contributed by atoms with Gasteiger partial charge in [0.1, 0.15) is 18.1 Å². The predicted molar refractivity (Wildman–Crippen MR) is 107 cm³/mol.